The molecule has 2 heterocycles. The number of amides is 1. The maximum atomic E-state index is 11.7. The first-order valence-corrected chi connectivity index (χ1v) is 6.20. The van der Waals surface area contributed by atoms with Gasteiger partial charge in [0.2, 0.25) is 11.0 Å². The molecule has 1 aliphatic heterocycles. The number of nitrogens with one attached hydrogen (secondary N) is 1. The molecule has 0 aliphatic carbocycles. The lowest BCUT2D eigenvalue weighted by Crippen LogP contribution is -2.22. The molecule has 1 aliphatic rings. The summed E-state index contributed by atoms with van der Waals surface area (Å²) >= 11 is 1.43. The van der Waals surface area contributed by atoms with Gasteiger partial charge in [-0.3, -0.25) is 4.79 Å². The molecule has 16 heavy (non-hydrogen) atoms. The monoisotopic (exact) mass is 241 g/mol. The molecule has 0 radical (unpaired) electrons. The number of hydrogen-bond acceptors (Lipinski definition) is 5. The van der Waals surface area contributed by atoms with Crippen molar-refractivity contribution in [3.8, 4) is 0 Å². The van der Waals surface area contributed by atoms with Gasteiger partial charge in [-0.15, -0.1) is 10.2 Å². The number of ether oxygens (including phenoxy) is 1. The van der Waals surface area contributed by atoms with Crippen LogP contribution < -0.4 is 5.32 Å². The molecular weight excluding hydrogens is 226 g/mol. The summed E-state index contributed by atoms with van der Waals surface area (Å²) in [7, 11) is 0. The van der Waals surface area contributed by atoms with E-state index < -0.39 is 0 Å². The molecule has 88 valence electrons. The molecular formula is C10H15N3O2S. The number of aromatic nitrogens is 2. The lowest BCUT2D eigenvalue weighted by molar-refractivity contribution is -0.119. The Bertz CT molecular complexity index is 372. The number of carbonyl (C=O) groups excluding carboxylic acids is 1. The summed E-state index contributed by atoms with van der Waals surface area (Å²) in [5, 5.41) is 12.3. The molecule has 1 unspecified atom stereocenters. The van der Waals surface area contributed by atoms with Crippen molar-refractivity contribution in [3.05, 3.63) is 5.01 Å². The molecule has 1 aromatic rings. The van der Waals surface area contributed by atoms with E-state index in [4.69, 9.17) is 4.74 Å². The predicted molar refractivity (Wildman–Crippen MR) is 61.6 cm³/mol. The van der Waals surface area contributed by atoms with Crippen LogP contribution in [0.15, 0.2) is 0 Å². The highest BCUT2D eigenvalue weighted by Gasteiger charge is 2.24. The van der Waals surface area contributed by atoms with E-state index >= 15 is 0 Å². The normalized spacial score (nSPS) is 20.3. The Kier molecular flexibility index (Phi) is 3.50. The number of hydrogen-bond donors (Lipinski definition) is 1. The van der Waals surface area contributed by atoms with E-state index in [0.29, 0.717) is 24.3 Å². The number of anilines is 1. The molecule has 2 rings (SSSR count). The number of rotatable bonds is 3. The van der Waals surface area contributed by atoms with Crippen molar-refractivity contribution in [1.29, 1.82) is 0 Å². The standard InChI is InChI=1S/C10H15N3O2S/c1-6(2)9-12-13-10(16-9)11-8(14)7-3-4-15-5-7/h6-7H,3-5H2,1-2H3,(H,11,13,14). The van der Waals surface area contributed by atoms with Crippen LogP contribution in [0.4, 0.5) is 5.13 Å². The van der Waals surface area contributed by atoms with Crippen molar-refractivity contribution >= 4 is 22.4 Å². The van der Waals surface area contributed by atoms with Gasteiger partial charge in [0.25, 0.3) is 0 Å². The second-order valence-electron chi connectivity index (χ2n) is 4.15. The Morgan fingerprint density at radius 3 is 2.94 bits per heavy atom. The van der Waals surface area contributed by atoms with Crippen LogP contribution in [0.2, 0.25) is 0 Å². The number of carbonyl (C=O) groups is 1. The van der Waals surface area contributed by atoms with Crippen LogP contribution in [0.25, 0.3) is 0 Å². The van der Waals surface area contributed by atoms with Gasteiger partial charge in [0.1, 0.15) is 5.01 Å². The zero-order chi connectivity index (χ0) is 11.5. The molecule has 1 atom stereocenters. The maximum absolute atomic E-state index is 11.7. The summed E-state index contributed by atoms with van der Waals surface area (Å²) in [5.41, 5.74) is 0. The molecule has 1 N–H and O–H groups in total. The molecule has 1 saturated heterocycles. The number of nitrogens with zero attached hydrogens (tertiary/aromatic N) is 2. The zero-order valence-electron chi connectivity index (χ0n) is 9.40. The summed E-state index contributed by atoms with van der Waals surface area (Å²) in [6.45, 7) is 5.29. The highest BCUT2D eigenvalue weighted by atomic mass is 32.1. The third-order valence-corrected chi connectivity index (χ3v) is 3.60. The molecule has 5 nitrogen and oxygen atoms in total. The molecule has 0 bridgehead atoms. The molecule has 1 amide bonds. The first-order chi connectivity index (χ1) is 7.66. The Morgan fingerprint density at radius 1 is 1.56 bits per heavy atom. The van der Waals surface area contributed by atoms with Crippen LogP contribution in [-0.4, -0.2) is 29.3 Å². The predicted octanol–water partition coefficient (Wildman–Crippen LogP) is 1.64. The van der Waals surface area contributed by atoms with Gasteiger partial charge in [0.15, 0.2) is 0 Å². The summed E-state index contributed by atoms with van der Waals surface area (Å²) < 4.78 is 5.17. The van der Waals surface area contributed by atoms with Gasteiger partial charge in [-0.05, 0) is 6.42 Å². The van der Waals surface area contributed by atoms with E-state index in [1.807, 2.05) is 0 Å². The minimum absolute atomic E-state index is 0.0102. The second kappa shape index (κ2) is 4.88. The van der Waals surface area contributed by atoms with Crippen LogP contribution in [0.3, 0.4) is 0 Å². The highest BCUT2D eigenvalue weighted by Crippen LogP contribution is 2.23. The summed E-state index contributed by atoms with van der Waals surface area (Å²) in [5.74, 6) is 0.299. The van der Waals surface area contributed by atoms with E-state index in [1.165, 1.54) is 11.3 Å². The fourth-order valence-electron chi connectivity index (χ4n) is 1.47. The van der Waals surface area contributed by atoms with Crippen LogP contribution in [0.5, 0.6) is 0 Å². The van der Waals surface area contributed by atoms with E-state index in [2.05, 4.69) is 29.4 Å². The van der Waals surface area contributed by atoms with Crippen LogP contribution in [0.1, 0.15) is 31.2 Å². The average molecular weight is 241 g/mol. The first-order valence-electron chi connectivity index (χ1n) is 5.39. The molecule has 0 aromatic carbocycles. The Hall–Kier alpha value is -1.01. The van der Waals surface area contributed by atoms with Gasteiger partial charge >= 0.3 is 0 Å². The second-order valence-corrected chi connectivity index (χ2v) is 5.16. The summed E-state index contributed by atoms with van der Waals surface area (Å²) in [6, 6.07) is 0. The largest absolute Gasteiger partial charge is 0.381 e. The van der Waals surface area contributed by atoms with Gasteiger partial charge in [0.05, 0.1) is 12.5 Å². The fraction of sp³-hybridized carbons (Fsp3) is 0.700. The lowest BCUT2D eigenvalue weighted by atomic mass is 10.1. The van der Waals surface area contributed by atoms with Gasteiger partial charge in [-0.25, -0.2) is 0 Å². The van der Waals surface area contributed by atoms with Crippen molar-refractivity contribution in [2.24, 2.45) is 5.92 Å². The third kappa shape index (κ3) is 2.56. The zero-order valence-corrected chi connectivity index (χ0v) is 10.2. The van der Waals surface area contributed by atoms with Crippen molar-refractivity contribution in [3.63, 3.8) is 0 Å². The molecule has 1 aromatic heterocycles. The smallest absolute Gasteiger partial charge is 0.231 e. The third-order valence-electron chi connectivity index (χ3n) is 2.47. The Labute approximate surface area is 98.2 Å². The lowest BCUT2D eigenvalue weighted by Gasteiger charge is -2.05. The minimum Gasteiger partial charge on any atom is -0.381 e. The maximum Gasteiger partial charge on any atom is 0.231 e. The van der Waals surface area contributed by atoms with Gasteiger partial charge in [0, 0.05) is 12.5 Å². The topological polar surface area (TPSA) is 64.1 Å². The first kappa shape index (κ1) is 11.5. The van der Waals surface area contributed by atoms with Crippen LogP contribution in [-0.2, 0) is 9.53 Å². The molecule has 6 heteroatoms. The van der Waals surface area contributed by atoms with Crippen molar-refractivity contribution in [1.82, 2.24) is 10.2 Å². The van der Waals surface area contributed by atoms with Gasteiger partial charge < -0.3 is 10.1 Å². The van der Waals surface area contributed by atoms with Crippen molar-refractivity contribution in [2.45, 2.75) is 26.2 Å². The van der Waals surface area contributed by atoms with Crippen molar-refractivity contribution in [2.75, 3.05) is 18.5 Å². The quantitative estimate of drug-likeness (QED) is 0.873. The average Bonchev–Trinajstić information content (AvgIpc) is 2.87. The molecule has 0 spiro atoms. The van der Waals surface area contributed by atoms with E-state index in [1.54, 1.807) is 0 Å². The fourth-order valence-corrected chi connectivity index (χ4v) is 2.22. The SMILES string of the molecule is CC(C)c1nnc(NC(=O)C2CCOC2)s1. The minimum atomic E-state index is -0.0357. The van der Waals surface area contributed by atoms with Gasteiger partial charge in [-0.2, -0.15) is 0 Å². The summed E-state index contributed by atoms with van der Waals surface area (Å²) in [6.07, 6.45) is 0.793. The molecule has 0 saturated carbocycles. The highest BCUT2D eigenvalue weighted by molar-refractivity contribution is 7.15. The van der Waals surface area contributed by atoms with Crippen LogP contribution in [0, 0.1) is 5.92 Å². The van der Waals surface area contributed by atoms with E-state index in [9.17, 15) is 4.79 Å². The Balaban J connectivity index is 1.95. The van der Waals surface area contributed by atoms with E-state index in [0.717, 1.165) is 11.4 Å². The van der Waals surface area contributed by atoms with Crippen molar-refractivity contribution < 1.29 is 9.53 Å². The molecule has 1 fully saturated rings. The van der Waals surface area contributed by atoms with Gasteiger partial charge in [-0.1, -0.05) is 25.2 Å². The summed E-state index contributed by atoms with van der Waals surface area (Å²) in [4.78, 5) is 11.7. The Morgan fingerprint density at radius 2 is 2.38 bits per heavy atom. The van der Waals surface area contributed by atoms with Crippen LogP contribution >= 0.6 is 11.3 Å². The van der Waals surface area contributed by atoms with E-state index in [-0.39, 0.29) is 11.8 Å².